The van der Waals surface area contributed by atoms with E-state index in [4.69, 9.17) is 14.2 Å². The molecule has 2 N–H and O–H groups in total. The lowest BCUT2D eigenvalue weighted by atomic mass is 9.79. The van der Waals surface area contributed by atoms with Crippen LogP contribution in [0.4, 0.5) is 0 Å². The summed E-state index contributed by atoms with van der Waals surface area (Å²) in [7, 11) is 1.34. The highest BCUT2D eigenvalue weighted by Crippen LogP contribution is 2.44. The summed E-state index contributed by atoms with van der Waals surface area (Å²) in [6.45, 7) is 6.23. The minimum atomic E-state index is -1.48. The standard InChI is InChI=1S/C18H20O7/c1-7-6-10(19)8(2)13-11(7)17(22)25-14-9(3)12(20)15(21)18(4,23-5)16(14)24-13/h6,15-16,19,21H,1-5H3/t15-,16-,18+/m0/s1. The van der Waals surface area contributed by atoms with Gasteiger partial charge in [0.05, 0.1) is 0 Å². The molecule has 0 saturated carbocycles. The summed E-state index contributed by atoms with van der Waals surface area (Å²) < 4.78 is 16.9. The molecule has 0 aromatic heterocycles. The molecule has 7 nitrogen and oxygen atoms in total. The minimum absolute atomic E-state index is 0.0131. The van der Waals surface area contributed by atoms with Crippen LogP contribution in [0.3, 0.4) is 0 Å². The fraction of sp³-hybridized carbons (Fsp3) is 0.444. The number of ether oxygens (including phenoxy) is 3. The number of phenols is 1. The molecule has 1 aliphatic carbocycles. The molecule has 2 aliphatic rings. The van der Waals surface area contributed by atoms with Gasteiger partial charge in [-0.2, -0.15) is 0 Å². The Kier molecular flexibility index (Phi) is 3.89. The molecule has 7 heteroatoms. The topological polar surface area (TPSA) is 102 Å². The molecule has 3 rings (SSSR count). The molecule has 1 heterocycles. The number of hydrogen-bond acceptors (Lipinski definition) is 7. The van der Waals surface area contributed by atoms with E-state index in [1.807, 2.05) is 0 Å². The van der Waals surface area contributed by atoms with Gasteiger partial charge in [-0.1, -0.05) is 0 Å². The number of esters is 1. The van der Waals surface area contributed by atoms with Gasteiger partial charge in [0.15, 0.2) is 17.6 Å². The van der Waals surface area contributed by atoms with E-state index in [9.17, 15) is 19.8 Å². The number of aryl methyl sites for hydroxylation is 1. The molecule has 134 valence electrons. The summed E-state index contributed by atoms with van der Waals surface area (Å²) in [5, 5.41) is 20.5. The maximum absolute atomic E-state index is 12.6. The minimum Gasteiger partial charge on any atom is -0.508 e. The number of Topliss-reactive ketones (excluding diaryl/α,β-unsaturated/α-hetero) is 1. The van der Waals surface area contributed by atoms with Crippen molar-refractivity contribution < 1.29 is 34.0 Å². The number of carbonyl (C=O) groups excluding carboxylic acids is 2. The van der Waals surface area contributed by atoms with Gasteiger partial charge in [0.2, 0.25) is 0 Å². The average molecular weight is 348 g/mol. The predicted octanol–water partition coefficient (Wildman–Crippen LogP) is 1.55. The number of phenolic OH excluding ortho intramolecular Hbond substituents is 1. The summed E-state index contributed by atoms with van der Waals surface area (Å²) in [4.78, 5) is 25.0. The molecule has 3 atom stereocenters. The molecule has 0 bridgehead atoms. The van der Waals surface area contributed by atoms with Crippen molar-refractivity contribution in [3.8, 4) is 11.5 Å². The Morgan fingerprint density at radius 1 is 1.24 bits per heavy atom. The Hall–Kier alpha value is -2.38. The number of carbonyl (C=O) groups is 2. The number of aliphatic hydroxyl groups is 1. The molecule has 0 fully saturated rings. The van der Waals surface area contributed by atoms with Crippen LogP contribution in [0, 0.1) is 13.8 Å². The maximum atomic E-state index is 12.6. The second-order valence-electron chi connectivity index (χ2n) is 6.57. The molecule has 1 aromatic carbocycles. The van der Waals surface area contributed by atoms with Crippen LogP contribution < -0.4 is 4.74 Å². The van der Waals surface area contributed by atoms with E-state index in [-0.39, 0.29) is 28.4 Å². The third-order valence-corrected chi connectivity index (χ3v) is 5.07. The van der Waals surface area contributed by atoms with E-state index in [0.717, 1.165) is 0 Å². The zero-order valence-electron chi connectivity index (χ0n) is 14.7. The van der Waals surface area contributed by atoms with Gasteiger partial charge < -0.3 is 24.4 Å². The third kappa shape index (κ3) is 2.26. The Labute approximate surface area is 144 Å². The first-order chi connectivity index (χ1) is 11.6. The third-order valence-electron chi connectivity index (χ3n) is 5.07. The lowest BCUT2D eigenvalue weighted by Gasteiger charge is -2.42. The zero-order chi connectivity index (χ0) is 18.7. The second-order valence-corrected chi connectivity index (χ2v) is 6.57. The first-order valence-electron chi connectivity index (χ1n) is 7.83. The van der Waals surface area contributed by atoms with Gasteiger partial charge >= 0.3 is 5.97 Å². The smallest absolute Gasteiger partial charge is 0.347 e. The Morgan fingerprint density at radius 2 is 1.88 bits per heavy atom. The highest BCUT2D eigenvalue weighted by Gasteiger charge is 2.56. The van der Waals surface area contributed by atoms with Gasteiger partial charge in [0, 0.05) is 18.2 Å². The highest BCUT2D eigenvalue weighted by atomic mass is 16.6. The number of aliphatic hydroxyl groups excluding tert-OH is 1. The summed E-state index contributed by atoms with van der Waals surface area (Å²) in [5.74, 6) is -1.14. The van der Waals surface area contributed by atoms with Crippen molar-refractivity contribution in [2.45, 2.75) is 45.5 Å². The van der Waals surface area contributed by atoms with Crippen molar-refractivity contribution in [3.63, 3.8) is 0 Å². The first kappa shape index (κ1) is 17.4. The number of ketones is 1. The second kappa shape index (κ2) is 5.57. The zero-order valence-corrected chi connectivity index (χ0v) is 14.7. The van der Waals surface area contributed by atoms with E-state index < -0.39 is 29.6 Å². The molecule has 1 aliphatic heterocycles. The van der Waals surface area contributed by atoms with Crippen LogP contribution in [0.5, 0.6) is 11.5 Å². The van der Waals surface area contributed by atoms with Crippen LogP contribution in [-0.4, -0.2) is 46.9 Å². The van der Waals surface area contributed by atoms with Crippen molar-refractivity contribution >= 4 is 11.8 Å². The van der Waals surface area contributed by atoms with E-state index >= 15 is 0 Å². The van der Waals surface area contributed by atoms with E-state index in [1.54, 1.807) is 13.8 Å². The summed E-state index contributed by atoms with van der Waals surface area (Å²) in [6.07, 6.45) is -2.51. The molecule has 0 amide bonds. The van der Waals surface area contributed by atoms with Gasteiger partial charge in [-0.15, -0.1) is 0 Å². The molecular weight excluding hydrogens is 328 g/mol. The number of hydrogen-bond donors (Lipinski definition) is 2. The summed E-state index contributed by atoms with van der Waals surface area (Å²) in [6, 6.07) is 1.45. The number of rotatable bonds is 1. The van der Waals surface area contributed by atoms with E-state index in [1.165, 1.54) is 27.0 Å². The molecule has 0 unspecified atom stereocenters. The number of fused-ring (bicyclic) bond motifs is 2. The monoisotopic (exact) mass is 348 g/mol. The van der Waals surface area contributed by atoms with Crippen molar-refractivity contribution in [2.24, 2.45) is 0 Å². The molecule has 1 aromatic rings. The Bertz CT molecular complexity index is 823. The van der Waals surface area contributed by atoms with Crippen LogP contribution in [0.25, 0.3) is 0 Å². The SMILES string of the molecule is CO[C@]1(C)[C@@H](O)C(=O)C(C)=C2OC(=O)c3c(C)cc(O)c(C)c3O[C@@H]21. The van der Waals surface area contributed by atoms with Gasteiger partial charge in [-0.3, -0.25) is 4.79 Å². The quantitative estimate of drug-likeness (QED) is 0.742. The average Bonchev–Trinajstić information content (AvgIpc) is 2.73. The molecule has 0 radical (unpaired) electrons. The molecule has 0 saturated heterocycles. The van der Waals surface area contributed by atoms with Crippen LogP contribution in [-0.2, 0) is 14.3 Å². The van der Waals surface area contributed by atoms with Crippen molar-refractivity contribution in [1.82, 2.24) is 0 Å². The fourth-order valence-electron chi connectivity index (χ4n) is 3.24. The molecular formula is C18H20O7. The maximum Gasteiger partial charge on any atom is 0.347 e. The number of methoxy groups -OCH3 is 1. The van der Waals surface area contributed by atoms with Gasteiger partial charge in [0.25, 0.3) is 0 Å². The van der Waals surface area contributed by atoms with E-state index in [0.29, 0.717) is 11.1 Å². The normalized spacial score (nSPS) is 28.7. The molecule has 25 heavy (non-hydrogen) atoms. The number of aromatic hydroxyl groups is 1. The Balaban J connectivity index is 2.30. The lowest BCUT2D eigenvalue weighted by Crippen LogP contribution is -2.60. The summed E-state index contributed by atoms with van der Waals surface area (Å²) >= 11 is 0. The van der Waals surface area contributed by atoms with Crippen molar-refractivity contribution in [3.05, 3.63) is 34.1 Å². The van der Waals surface area contributed by atoms with E-state index in [2.05, 4.69) is 0 Å². The molecule has 0 spiro atoms. The lowest BCUT2D eigenvalue weighted by molar-refractivity contribution is -0.166. The highest BCUT2D eigenvalue weighted by molar-refractivity contribution is 6.03. The van der Waals surface area contributed by atoms with Gasteiger partial charge in [-0.05, 0) is 39.3 Å². The van der Waals surface area contributed by atoms with Gasteiger partial charge in [-0.25, -0.2) is 4.79 Å². The van der Waals surface area contributed by atoms with Crippen LogP contribution in [0.15, 0.2) is 17.4 Å². The van der Waals surface area contributed by atoms with Crippen LogP contribution >= 0.6 is 0 Å². The van der Waals surface area contributed by atoms with Gasteiger partial charge in [0.1, 0.15) is 28.8 Å². The first-order valence-corrected chi connectivity index (χ1v) is 7.83. The fourth-order valence-corrected chi connectivity index (χ4v) is 3.24. The summed E-state index contributed by atoms with van der Waals surface area (Å²) in [5.41, 5.74) is -0.343. The largest absolute Gasteiger partial charge is 0.508 e. The van der Waals surface area contributed by atoms with Crippen LogP contribution in [0.1, 0.15) is 35.3 Å². The number of benzene rings is 1. The van der Waals surface area contributed by atoms with Crippen LogP contribution in [0.2, 0.25) is 0 Å². The Morgan fingerprint density at radius 3 is 2.48 bits per heavy atom. The van der Waals surface area contributed by atoms with Crippen molar-refractivity contribution in [2.75, 3.05) is 7.11 Å². The van der Waals surface area contributed by atoms with Crippen molar-refractivity contribution in [1.29, 1.82) is 0 Å². The predicted molar refractivity (Wildman–Crippen MR) is 86.5 cm³/mol.